The Hall–Kier alpha value is -1.81. The topological polar surface area (TPSA) is 53.1 Å². The molecule has 1 aliphatic heterocycles. The minimum Gasteiger partial charge on any atom is -0.383 e. The lowest BCUT2D eigenvalue weighted by Crippen LogP contribution is -2.09. The van der Waals surface area contributed by atoms with E-state index in [9.17, 15) is 0 Å². The van der Waals surface area contributed by atoms with Gasteiger partial charge in [0.2, 0.25) is 0 Å². The third-order valence-corrected chi connectivity index (χ3v) is 3.09. The van der Waals surface area contributed by atoms with E-state index >= 15 is 0 Å². The molecule has 2 heterocycles. The molecule has 3 rings (SSSR count). The first-order valence-electron chi connectivity index (χ1n) is 5.77. The third-order valence-electron chi connectivity index (χ3n) is 3.09. The highest BCUT2D eigenvalue weighted by Gasteiger charge is 2.19. The van der Waals surface area contributed by atoms with E-state index in [0.29, 0.717) is 6.61 Å². The quantitative estimate of drug-likeness (QED) is 0.811. The Morgan fingerprint density at radius 2 is 2.29 bits per heavy atom. The lowest BCUT2D eigenvalue weighted by molar-refractivity contribution is 0.108. The van der Waals surface area contributed by atoms with E-state index in [4.69, 9.17) is 10.5 Å². The highest BCUT2D eigenvalue weighted by Crippen LogP contribution is 2.25. The number of benzene rings is 1. The zero-order chi connectivity index (χ0) is 11.8. The minimum absolute atomic E-state index is 0.568. The average molecular weight is 229 g/mol. The van der Waals surface area contributed by atoms with E-state index in [2.05, 4.69) is 24.2 Å². The molecule has 0 fully saturated rings. The van der Waals surface area contributed by atoms with E-state index in [1.165, 1.54) is 5.56 Å². The Morgan fingerprint density at radius 1 is 1.41 bits per heavy atom. The Labute approximate surface area is 100 Å². The van der Waals surface area contributed by atoms with Crippen molar-refractivity contribution < 1.29 is 4.74 Å². The van der Waals surface area contributed by atoms with Crippen LogP contribution in [0.1, 0.15) is 16.8 Å². The molecule has 0 saturated carbocycles. The van der Waals surface area contributed by atoms with Crippen LogP contribution in [0.25, 0.3) is 5.69 Å². The zero-order valence-electron chi connectivity index (χ0n) is 9.81. The molecule has 2 aromatic rings. The monoisotopic (exact) mass is 229 g/mol. The summed E-state index contributed by atoms with van der Waals surface area (Å²) in [5, 5.41) is 4.53. The number of anilines is 1. The molecule has 88 valence electrons. The van der Waals surface area contributed by atoms with Crippen molar-refractivity contribution in [3.05, 3.63) is 41.1 Å². The van der Waals surface area contributed by atoms with Gasteiger partial charge in [-0.1, -0.05) is 12.1 Å². The number of ether oxygens (including phenoxy) is 1. The molecule has 1 aliphatic rings. The van der Waals surface area contributed by atoms with Crippen molar-refractivity contribution >= 4 is 5.82 Å². The van der Waals surface area contributed by atoms with E-state index in [0.717, 1.165) is 35.8 Å². The van der Waals surface area contributed by atoms with Crippen molar-refractivity contribution in [3.8, 4) is 5.69 Å². The second kappa shape index (κ2) is 3.89. The zero-order valence-corrected chi connectivity index (χ0v) is 9.81. The van der Waals surface area contributed by atoms with Gasteiger partial charge in [0.05, 0.1) is 24.6 Å². The van der Waals surface area contributed by atoms with Gasteiger partial charge in [-0.05, 0) is 24.6 Å². The summed E-state index contributed by atoms with van der Waals surface area (Å²) in [4.78, 5) is 0. The summed E-state index contributed by atoms with van der Waals surface area (Å²) in [6.45, 7) is 3.36. The number of rotatable bonds is 1. The summed E-state index contributed by atoms with van der Waals surface area (Å²) in [7, 11) is 0. The van der Waals surface area contributed by atoms with Gasteiger partial charge in [0.25, 0.3) is 0 Å². The maximum atomic E-state index is 6.15. The van der Waals surface area contributed by atoms with Crippen molar-refractivity contribution in [2.24, 2.45) is 0 Å². The lowest BCUT2D eigenvalue weighted by Gasteiger charge is -2.10. The van der Waals surface area contributed by atoms with Crippen LogP contribution in [0.5, 0.6) is 0 Å². The Bertz CT molecular complexity index is 560. The van der Waals surface area contributed by atoms with Crippen LogP contribution in [0.3, 0.4) is 0 Å². The minimum atomic E-state index is 0.568. The predicted octanol–water partition coefficient (Wildman–Crippen LogP) is 1.84. The fourth-order valence-electron chi connectivity index (χ4n) is 2.20. The van der Waals surface area contributed by atoms with Crippen molar-refractivity contribution in [3.63, 3.8) is 0 Å². The Kier molecular flexibility index (Phi) is 2.37. The van der Waals surface area contributed by atoms with Gasteiger partial charge in [-0.15, -0.1) is 0 Å². The van der Waals surface area contributed by atoms with Gasteiger partial charge in [-0.25, -0.2) is 4.68 Å². The number of hydrogen-bond acceptors (Lipinski definition) is 3. The number of fused-ring (bicyclic) bond motifs is 1. The van der Waals surface area contributed by atoms with Crippen LogP contribution in [0.2, 0.25) is 0 Å². The molecule has 0 saturated heterocycles. The number of aromatic nitrogens is 2. The molecule has 0 radical (unpaired) electrons. The van der Waals surface area contributed by atoms with Crippen molar-refractivity contribution in [1.29, 1.82) is 0 Å². The molecule has 4 nitrogen and oxygen atoms in total. The molecular weight excluding hydrogens is 214 g/mol. The van der Waals surface area contributed by atoms with Gasteiger partial charge >= 0.3 is 0 Å². The van der Waals surface area contributed by atoms with Crippen molar-refractivity contribution in [2.75, 3.05) is 12.3 Å². The third kappa shape index (κ3) is 1.70. The maximum absolute atomic E-state index is 6.15. The average Bonchev–Trinajstić information content (AvgIpc) is 2.68. The van der Waals surface area contributed by atoms with Gasteiger partial charge in [0.1, 0.15) is 5.82 Å². The fraction of sp³-hybridized carbons (Fsp3) is 0.308. The van der Waals surface area contributed by atoms with Crippen LogP contribution in [-0.2, 0) is 17.8 Å². The molecule has 2 N–H and O–H groups in total. The predicted molar refractivity (Wildman–Crippen MR) is 66.1 cm³/mol. The van der Waals surface area contributed by atoms with Gasteiger partial charge in [0, 0.05) is 12.0 Å². The summed E-state index contributed by atoms with van der Waals surface area (Å²) in [5.41, 5.74) is 10.5. The molecule has 0 atom stereocenters. The maximum Gasteiger partial charge on any atom is 0.130 e. The summed E-state index contributed by atoms with van der Waals surface area (Å²) in [6.07, 6.45) is 0.854. The molecule has 0 unspecified atom stereocenters. The first-order chi connectivity index (χ1) is 8.25. The fourth-order valence-corrected chi connectivity index (χ4v) is 2.20. The van der Waals surface area contributed by atoms with Gasteiger partial charge < -0.3 is 10.5 Å². The van der Waals surface area contributed by atoms with E-state index in [-0.39, 0.29) is 0 Å². The number of nitrogens with two attached hydrogens (primary N) is 1. The lowest BCUT2D eigenvalue weighted by atomic mass is 10.1. The molecular formula is C13H15N3O. The van der Waals surface area contributed by atoms with Crippen LogP contribution in [-0.4, -0.2) is 16.4 Å². The normalized spacial score (nSPS) is 14.6. The van der Waals surface area contributed by atoms with Gasteiger partial charge in [-0.3, -0.25) is 0 Å². The highest BCUT2D eigenvalue weighted by molar-refractivity contribution is 5.51. The first kappa shape index (κ1) is 10.4. The van der Waals surface area contributed by atoms with Crippen LogP contribution in [0.15, 0.2) is 24.3 Å². The molecule has 0 spiro atoms. The van der Waals surface area contributed by atoms with Gasteiger partial charge in [0.15, 0.2) is 0 Å². The standard InChI is InChI=1S/C13H15N3O/c1-9-3-2-4-10(7-9)16-13(14)11-5-6-17-8-12(11)15-16/h2-4,7H,5-6,8,14H2,1H3. The largest absolute Gasteiger partial charge is 0.383 e. The SMILES string of the molecule is Cc1cccc(-n2nc3c(c2N)CCOC3)c1. The molecule has 0 aliphatic carbocycles. The van der Waals surface area contributed by atoms with Crippen molar-refractivity contribution in [2.45, 2.75) is 20.0 Å². The first-order valence-corrected chi connectivity index (χ1v) is 5.77. The summed E-state index contributed by atoms with van der Waals surface area (Å²) < 4.78 is 7.20. The molecule has 0 bridgehead atoms. The Morgan fingerprint density at radius 3 is 3.06 bits per heavy atom. The summed E-state index contributed by atoms with van der Waals surface area (Å²) in [6, 6.07) is 8.17. The van der Waals surface area contributed by atoms with Crippen LogP contribution < -0.4 is 5.73 Å². The molecule has 1 aromatic heterocycles. The van der Waals surface area contributed by atoms with E-state index in [1.807, 2.05) is 16.8 Å². The van der Waals surface area contributed by atoms with Crippen molar-refractivity contribution in [1.82, 2.24) is 9.78 Å². The number of aryl methyl sites for hydroxylation is 1. The van der Waals surface area contributed by atoms with E-state index < -0.39 is 0 Å². The van der Waals surface area contributed by atoms with Gasteiger partial charge in [-0.2, -0.15) is 5.10 Å². The highest BCUT2D eigenvalue weighted by atomic mass is 16.5. The summed E-state index contributed by atoms with van der Waals surface area (Å²) in [5.74, 6) is 0.744. The molecule has 4 heteroatoms. The second-order valence-electron chi connectivity index (χ2n) is 4.36. The molecule has 1 aromatic carbocycles. The van der Waals surface area contributed by atoms with Crippen LogP contribution in [0, 0.1) is 6.92 Å². The van der Waals surface area contributed by atoms with Crippen LogP contribution in [0.4, 0.5) is 5.82 Å². The smallest absolute Gasteiger partial charge is 0.130 e. The number of hydrogen-bond donors (Lipinski definition) is 1. The number of nitrogens with zero attached hydrogens (tertiary/aromatic N) is 2. The number of nitrogen functional groups attached to an aromatic ring is 1. The van der Waals surface area contributed by atoms with E-state index in [1.54, 1.807) is 0 Å². The molecule has 17 heavy (non-hydrogen) atoms. The summed E-state index contributed by atoms with van der Waals surface area (Å²) >= 11 is 0. The van der Waals surface area contributed by atoms with Crippen LogP contribution >= 0.6 is 0 Å². The molecule has 0 amide bonds. The second-order valence-corrected chi connectivity index (χ2v) is 4.36. The Balaban J connectivity index is 2.12.